The van der Waals surface area contributed by atoms with Crippen molar-refractivity contribution in [2.45, 2.75) is 0 Å². The fraction of sp³-hybridized carbons (Fsp3) is 0. The van der Waals surface area contributed by atoms with Crippen LogP contribution in [0.3, 0.4) is 0 Å². The Hall–Kier alpha value is -4.68. The molecule has 0 bridgehead atoms. The molecule has 0 aliphatic rings. The van der Waals surface area contributed by atoms with Crippen LogP contribution < -0.4 is 20.1 Å². The van der Waals surface area contributed by atoms with Crippen LogP contribution in [0.4, 0.5) is 11.6 Å². The standard InChI is InChI=1S/C30H23N5Si/c1-5-13-24(14-6-1)35(30-33-23-28-29(34-30)32-22-21-31-28)36(25-15-7-2-8-16-25,26-17-9-3-10-18-26)27-19-11-4-12-20-27/h1-23H. The highest BCUT2D eigenvalue weighted by molar-refractivity contribution is 7.14. The van der Waals surface area contributed by atoms with Crippen molar-refractivity contribution in [3.05, 3.63) is 140 Å². The Kier molecular flexibility index (Phi) is 5.77. The predicted molar refractivity (Wildman–Crippen MR) is 148 cm³/mol. The van der Waals surface area contributed by atoms with Gasteiger partial charge in [0.25, 0.3) is 8.24 Å². The Morgan fingerprint density at radius 2 is 0.972 bits per heavy atom. The fourth-order valence-corrected chi connectivity index (χ4v) is 9.57. The smallest absolute Gasteiger partial charge is 0.260 e. The van der Waals surface area contributed by atoms with Crippen molar-refractivity contribution in [2.24, 2.45) is 0 Å². The molecular formula is C30H23N5Si. The lowest BCUT2D eigenvalue weighted by atomic mass is 10.3. The Balaban J connectivity index is 1.76. The van der Waals surface area contributed by atoms with Gasteiger partial charge in [-0.15, -0.1) is 0 Å². The summed E-state index contributed by atoms with van der Waals surface area (Å²) in [5, 5.41) is 3.69. The third-order valence-electron chi connectivity index (χ3n) is 6.34. The van der Waals surface area contributed by atoms with E-state index in [1.807, 2.05) is 6.07 Å². The zero-order valence-corrected chi connectivity index (χ0v) is 20.5. The molecule has 0 aliphatic carbocycles. The Labute approximate surface area is 210 Å². The minimum Gasteiger partial charge on any atom is -0.325 e. The first-order chi connectivity index (χ1) is 17.9. The largest absolute Gasteiger partial charge is 0.325 e. The second kappa shape index (κ2) is 9.52. The van der Waals surface area contributed by atoms with Crippen LogP contribution in [0.15, 0.2) is 140 Å². The van der Waals surface area contributed by atoms with Gasteiger partial charge < -0.3 is 4.57 Å². The van der Waals surface area contributed by atoms with Crippen molar-refractivity contribution >= 4 is 46.6 Å². The number of fused-ring (bicyclic) bond motifs is 1. The number of anilines is 2. The number of rotatable bonds is 6. The van der Waals surface area contributed by atoms with E-state index in [2.05, 4.69) is 130 Å². The summed E-state index contributed by atoms with van der Waals surface area (Å²) in [6.45, 7) is 0. The first kappa shape index (κ1) is 21.8. The predicted octanol–water partition coefficient (Wildman–Crippen LogP) is 4.23. The van der Waals surface area contributed by atoms with Gasteiger partial charge in [-0.05, 0) is 27.7 Å². The maximum absolute atomic E-state index is 4.97. The van der Waals surface area contributed by atoms with Gasteiger partial charge in [-0.1, -0.05) is 109 Å². The van der Waals surface area contributed by atoms with Gasteiger partial charge in [-0.3, -0.25) is 0 Å². The summed E-state index contributed by atoms with van der Waals surface area (Å²) in [5.41, 5.74) is 2.25. The third kappa shape index (κ3) is 3.74. The number of para-hydroxylation sites is 1. The molecular weight excluding hydrogens is 458 g/mol. The summed E-state index contributed by atoms with van der Waals surface area (Å²) >= 11 is 0. The van der Waals surface area contributed by atoms with Crippen LogP contribution in [0.5, 0.6) is 0 Å². The second-order valence-electron chi connectivity index (χ2n) is 8.41. The molecule has 0 saturated heterocycles. The molecule has 0 fully saturated rings. The van der Waals surface area contributed by atoms with Crippen molar-refractivity contribution in [3.8, 4) is 0 Å². The average Bonchev–Trinajstić information content (AvgIpc) is 2.97. The number of hydrogen-bond donors (Lipinski definition) is 0. The molecule has 36 heavy (non-hydrogen) atoms. The maximum atomic E-state index is 4.97. The molecule has 6 rings (SSSR count). The summed E-state index contributed by atoms with van der Waals surface area (Å²) < 4.78 is 2.35. The maximum Gasteiger partial charge on any atom is 0.260 e. The molecule has 0 radical (unpaired) electrons. The zero-order valence-electron chi connectivity index (χ0n) is 19.5. The molecule has 0 amide bonds. The highest BCUT2D eigenvalue weighted by Gasteiger charge is 2.48. The van der Waals surface area contributed by atoms with E-state index < -0.39 is 8.24 Å². The van der Waals surface area contributed by atoms with Gasteiger partial charge in [0.1, 0.15) is 5.52 Å². The molecule has 0 N–H and O–H groups in total. The first-order valence-electron chi connectivity index (χ1n) is 11.8. The summed E-state index contributed by atoms with van der Waals surface area (Å²) in [4.78, 5) is 18.7. The molecule has 0 spiro atoms. The highest BCUT2D eigenvalue weighted by Crippen LogP contribution is 2.29. The van der Waals surface area contributed by atoms with Crippen molar-refractivity contribution < 1.29 is 0 Å². The SMILES string of the molecule is c1ccc(N(c2ncc3nccnc3n2)[Si](c2ccccc2)(c2ccccc2)c2ccccc2)cc1. The number of nitrogens with zero attached hydrogens (tertiary/aromatic N) is 5. The zero-order chi connectivity index (χ0) is 24.2. The average molecular weight is 482 g/mol. The lowest BCUT2D eigenvalue weighted by Crippen LogP contribution is -2.76. The van der Waals surface area contributed by atoms with Gasteiger partial charge in [0, 0.05) is 18.1 Å². The van der Waals surface area contributed by atoms with E-state index in [9.17, 15) is 0 Å². The van der Waals surface area contributed by atoms with Gasteiger partial charge in [0.05, 0.1) is 6.20 Å². The minimum atomic E-state index is -2.96. The van der Waals surface area contributed by atoms with E-state index in [1.165, 1.54) is 15.6 Å². The summed E-state index contributed by atoms with van der Waals surface area (Å²) in [5.74, 6) is 0.595. The molecule has 0 aliphatic heterocycles. The van der Waals surface area contributed by atoms with Gasteiger partial charge in [-0.2, -0.15) is 4.98 Å². The minimum absolute atomic E-state index is 0.570. The van der Waals surface area contributed by atoms with Crippen LogP contribution in [-0.2, 0) is 0 Å². The molecule has 2 aromatic heterocycles. The van der Waals surface area contributed by atoms with Crippen LogP contribution in [-0.4, -0.2) is 28.2 Å². The lowest BCUT2D eigenvalue weighted by molar-refractivity contribution is 1.10. The number of benzene rings is 4. The fourth-order valence-electron chi connectivity index (χ4n) is 4.83. The van der Waals surface area contributed by atoms with Crippen LogP contribution >= 0.6 is 0 Å². The van der Waals surface area contributed by atoms with Crippen LogP contribution in [0.2, 0.25) is 0 Å². The van der Waals surface area contributed by atoms with Gasteiger partial charge in [-0.25, -0.2) is 15.0 Å². The quantitative estimate of drug-likeness (QED) is 0.263. The molecule has 6 aromatic rings. The summed E-state index contributed by atoms with van der Waals surface area (Å²) in [6, 6.07) is 42.6. The van der Waals surface area contributed by atoms with E-state index in [0.29, 0.717) is 17.1 Å². The van der Waals surface area contributed by atoms with Crippen molar-refractivity contribution in [3.63, 3.8) is 0 Å². The first-order valence-corrected chi connectivity index (χ1v) is 13.8. The summed E-state index contributed by atoms with van der Waals surface area (Å²) in [7, 11) is -2.96. The molecule has 0 unspecified atom stereocenters. The molecule has 4 aromatic carbocycles. The van der Waals surface area contributed by atoms with Crippen LogP contribution in [0.25, 0.3) is 11.2 Å². The Bertz CT molecular complexity index is 1480. The molecule has 6 heteroatoms. The third-order valence-corrected chi connectivity index (χ3v) is 11.0. The lowest BCUT2D eigenvalue weighted by Gasteiger charge is -2.43. The normalized spacial score (nSPS) is 11.3. The van der Waals surface area contributed by atoms with E-state index in [0.717, 1.165) is 5.69 Å². The van der Waals surface area contributed by atoms with Crippen LogP contribution in [0, 0.1) is 0 Å². The molecule has 5 nitrogen and oxygen atoms in total. The highest BCUT2D eigenvalue weighted by atomic mass is 28.3. The molecule has 172 valence electrons. The van der Waals surface area contributed by atoms with Crippen LogP contribution in [0.1, 0.15) is 0 Å². The molecule has 2 heterocycles. The monoisotopic (exact) mass is 481 g/mol. The van der Waals surface area contributed by atoms with E-state index in [1.54, 1.807) is 18.6 Å². The van der Waals surface area contributed by atoms with Gasteiger partial charge >= 0.3 is 0 Å². The van der Waals surface area contributed by atoms with E-state index in [-0.39, 0.29) is 0 Å². The van der Waals surface area contributed by atoms with Crippen molar-refractivity contribution in [1.29, 1.82) is 0 Å². The molecule has 0 saturated carbocycles. The van der Waals surface area contributed by atoms with E-state index >= 15 is 0 Å². The summed E-state index contributed by atoms with van der Waals surface area (Å²) in [6.07, 6.45) is 5.10. The molecule has 0 atom stereocenters. The van der Waals surface area contributed by atoms with Crippen molar-refractivity contribution in [2.75, 3.05) is 4.57 Å². The van der Waals surface area contributed by atoms with Gasteiger partial charge in [0.2, 0.25) is 5.95 Å². The number of aromatic nitrogens is 4. The topological polar surface area (TPSA) is 54.8 Å². The Morgan fingerprint density at radius 3 is 1.50 bits per heavy atom. The van der Waals surface area contributed by atoms with E-state index in [4.69, 9.17) is 9.97 Å². The second-order valence-corrected chi connectivity index (χ2v) is 12.0. The van der Waals surface area contributed by atoms with Crippen molar-refractivity contribution in [1.82, 2.24) is 19.9 Å². The number of hydrogen-bond acceptors (Lipinski definition) is 5. The Morgan fingerprint density at radius 1 is 0.500 bits per heavy atom. The van der Waals surface area contributed by atoms with Gasteiger partial charge in [0.15, 0.2) is 5.65 Å².